The van der Waals surface area contributed by atoms with E-state index in [1.165, 1.54) is 81.4 Å². The van der Waals surface area contributed by atoms with E-state index >= 15 is 0 Å². The maximum Gasteiger partial charge on any atom is 0.394 e. The predicted octanol–water partition coefficient (Wildman–Crippen LogP) is 5.44. The van der Waals surface area contributed by atoms with Crippen LogP contribution in [0, 0.1) is 0 Å². The first-order chi connectivity index (χ1) is 13.3. The number of hydrogen-bond acceptors (Lipinski definition) is 2. The van der Waals surface area contributed by atoms with Crippen molar-refractivity contribution in [2.75, 3.05) is 0 Å². The molecule has 0 unspecified atom stereocenters. The molecule has 0 radical (unpaired) electrons. The molecule has 0 heterocycles. The second-order valence-corrected chi connectivity index (χ2v) is 9.35. The van der Waals surface area contributed by atoms with Crippen LogP contribution in [0.1, 0.15) is 76.7 Å². The van der Waals surface area contributed by atoms with Crippen molar-refractivity contribution in [1.82, 2.24) is 0 Å². The first kappa shape index (κ1) is 25.6. The molecule has 28 heavy (non-hydrogen) atoms. The van der Waals surface area contributed by atoms with Gasteiger partial charge in [0.2, 0.25) is 0 Å². The summed E-state index contributed by atoms with van der Waals surface area (Å²) in [7, 11) is -4.67. The fourth-order valence-electron chi connectivity index (χ4n) is 3.55. The molecule has 0 atom stereocenters. The van der Waals surface area contributed by atoms with Gasteiger partial charge in [-0.2, -0.15) is 8.42 Å². The van der Waals surface area contributed by atoms with Gasteiger partial charge in [0.1, 0.15) is 0 Å². The Kier molecular flexibility index (Phi) is 13.3. The van der Waals surface area contributed by atoms with Crippen LogP contribution in [0.25, 0.3) is 10.8 Å². The summed E-state index contributed by atoms with van der Waals surface area (Å²) in [6.45, 7) is 2.29. The van der Waals surface area contributed by atoms with Crippen LogP contribution >= 0.6 is 0 Å². The second kappa shape index (κ2) is 14.5. The first-order valence-corrected chi connectivity index (χ1v) is 12.9. The summed E-state index contributed by atoms with van der Waals surface area (Å²) in [5.74, 6) is 0. The molecule has 152 valence electrons. The standard InChI is InChI=1S/C22H31.Na.H2O4S/c1-2-3-4-5-6-7-8-9-10-11-14-20-17-18-21-15-12-13-16-22(21)19-20;;1-5(2,3)4/h12-13,15-18H,2-11,14H2,1H3;;(H2,1,2,3,4). The Morgan fingerprint density at radius 1 is 0.786 bits per heavy atom. The van der Waals surface area contributed by atoms with Gasteiger partial charge >= 0.3 is 158 Å². The van der Waals surface area contributed by atoms with Crippen molar-refractivity contribution in [2.45, 2.75) is 77.6 Å². The van der Waals surface area contributed by atoms with Crippen molar-refractivity contribution in [2.24, 2.45) is 0 Å². The maximum absolute atomic E-state index is 8.74. The molecule has 0 aromatic heterocycles. The zero-order valence-corrected chi connectivity index (χ0v) is 20.2. The van der Waals surface area contributed by atoms with Crippen molar-refractivity contribution in [1.29, 1.82) is 0 Å². The minimum Gasteiger partial charge on any atom is -0.264 e. The Morgan fingerprint density at radius 3 is 1.86 bits per heavy atom. The number of benzene rings is 2. The van der Waals surface area contributed by atoms with Crippen molar-refractivity contribution in [3.05, 3.63) is 42.0 Å². The van der Waals surface area contributed by atoms with Gasteiger partial charge < -0.3 is 0 Å². The van der Waals surface area contributed by atoms with Crippen molar-refractivity contribution in [3.63, 3.8) is 0 Å². The first-order valence-electron chi connectivity index (χ1n) is 10.5. The second-order valence-electron chi connectivity index (χ2n) is 7.45. The third-order valence-electron chi connectivity index (χ3n) is 5.11. The molecule has 2 N–H and O–H groups in total. The van der Waals surface area contributed by atoms with Crippen molar-refractivity contribution >= 4 is 51.9 Å². The summed E-state index contributed by atoms with van der Waals surface area (Å²) in [6, 6.07) is 13.5. The van der Waals surface area contributed by atoms with Crippen molar-refractivity contribution < 1.29 is 17.5 Å². The van der Waals surface area contributed by atoms with Crippen molar-refractivity contribution in [3.8, 4) is 0 Å². The van der Waals surface area contributed by atoms with E-state index < -0.39 is 10.4 Å². The summed E-state index contributed by atoms with van der Waals surface area (Å²) in [5, 5.41) is 2.90. The zero-order valence-electron chi connectivity index (χ0n) is 17.4. The topological polar surface area (TPSA) is 74.6 Å². The Balaban J connectivity index is 0.000000696. The Bertz CT molecular complexity index is 782. The van der Waals surface area contributed by atoms with Gasteiger partial charge in [0.15, 0.2) is 0 Å². The number of fused-ring (bicyclic) bond motifs is 1. The smallest absolute Gasteiger partial charge is 0.264 e. The van der Waals surface area contributed by atoms with Gasteiger partial charge in [0, 0.05) is 0 Å². The van der Waals surface area contributed by atoms with E-state index in [9.17, 15) is 0 Å². The van der Waals surface area contributed by atoms with Crippen LogP contribution in [-0.4, -0.2) is 45.5 Å². The van der Waals surface area contributed by atoms with Crippen LogP contribution in [0.3, 0.4) is 0 Å². The maximum atomic E-state index is 8.74. The molecule has 2 aromatic carbocycles. The molecule has 0 aliphatic heterocycles. The normalized spacial score (nSPS) is 11.3. The predicted molar refractivity (Wildman–Crippen MR) is 119 cm³/mol. The van der Waals surface area contributed by atoms with Gasteiger partial charge in [0.25, 0.3) is 0 Å². The summed E-state index contributed by atoms with van der Waals surface area (Å²) >= 11 is 1.16. The molecule has 0 fully saturated rings. The molecule has 0 aliphatic carbocycles. The average molecular weight is 417 g/mol. The molecule has 0 aliphatic rings. The molecular weight excluding hydrogens is 383 g/mol. The molecule has 0 amide bonds. The summed E-state index contributed by atoms with van der Waals surface area (Å²) in [6.07, 6.45) is 15.5. The van der Waals surface area contributed by atoms with E-state index in [4.69, 9.17) is 17.5 Å². The zero-order chi connectivity index (χ0) is 20.8. The van der Waals surface area contributed by atoms with Gasteiger partial charge in [-0.3, -0.25) is 9.11 Å². The number of rotatable bonds is 11. The molecule has 4 nitrogen and oxygen atoms in total. The van der Waals surface area contributed by atoms with E-state index in [0.29, 0.717) is 0 Å². The van der Waals surface area contributed by atoms with E-state index in [1.54, 1.807) is 8.38 Å². The molecule has 0 spiro atoms. The largest absolute Gasteiger partial charge is 0.394 e. The number of unbranched alkanes of at least 4 members (excludes halogenated alkanes) is 9. The van der Waals surface area contributed by atoms with E-state index in [2.05, 4.69) is 43.3 Å². The van der Waals surface area contributed by atoms with Gasteiger partial charge in [-0.1, -0.05) is 13.3 Å². The molecule has 2 aromatic rings. The number of hydrogen-bond donors (Lipinski definition) is 2. The van der Waals surface area contributed by atoms with Crippen LogP contribution < -0.4 is 2.81 Å². The SMILES string of the molecule is CCCCCCCCCCCCc1ccc2ccccc2[c]1[Na].O=S(=O)(O)O. The van der Waals surface area contributed by atoms with Gasteiger partial charge in [0.05, 0.1) is 0 Å². The molecule has 0 saturated heterocycles. The molecular formula is C22H33NaO4S. The van der Waals surface area contributed by atoms with E-state index in [-0.39, 0.29) is 0 Å². The number of aryl methyl sites for hydroxylation is 1. The van der Waals surface area contributed by atoms with Crippen LogP contribution in [0.5, 0.6) is 0 Å². The Morgan fingerprint density at radius 2 is 1.29 bits per heavy atom. The fourth-order valence-corrected chi connectivity index (χ4v) is 4.42. The van der Waals surface area contributed by atoms with Crippen LogP contribution in [0.2, 0.25) is 0 Å². The fraction of sp³-hybridized carbons (Fsp3) is 0.545. The monoisotopic (exact) mass is 416 g/mol. The van der Waals surface area contributed by atoms with Gasteiger partial charge in [-0.25, -0.2) is 0 Å². The molecule has 6 heteroatoms. The third-order valence-corrected chi connectivity index (χ3v) is 6.29. The van der Waals surface area contributed by atoms with E-state index in [1.807, 2.05) is 0 Å². The minimum atomic E-state index is -4.67. The van der Waals surface area contributed by atoms with Crippen LogP contribution in [0.4, 0.5) is 0 Å². The summed E-state index contributed by atoms with van der Waals surface area (Å²) < 4.78 is 33.2. The Labute approximate surface area is 188 Å². The minimum absolute atomic E-state index is 1.16. The van der Waals surface area contributed by atoms with Gasteiger partial charge in [-0.15, -0.1) is 0 Å². The molecule has 2 rings (SSSR count). The van der Waals surface area contributed by atoms with Crippen LogP contribution in [0.15, 0.2) is 36.4 Å². The molecule has 0 bridgehead atoms. The van der Waals surface area contributed by atoms with E-state index in [0.717, 1.165) is 27.9 Å². The quantitative estimate of drug-likeness (QED) is 0.290. The Hall–Kier alpha value is -0.430. The average Bonchev–Trinajstić information content (AvgIpc) is 2.64. The molecule has 0 saturated carbocycles. The summed E-state index contributed by atoms with van der Waals surface area (Å²) in [4.78, 5) is 0. The van der Waals surface area contributed by atoms with Gasteiger partial charge in [-0.05, 0) is 0 Å². The third kappa shape index (κ3) is 12.2. The summed E-state index contributed by atoms with van der Waals surface area (Å²) in [5.41, 5.74) is 1.61. The van der Waals surface area contributed by atoms with Crippen LogP contribution in [-0.2, 0) is 16.8 Å².